The number of hydrogen-bond acceptors (Lipinski definition) is 4. The molecule has 1 saturated heterocycles. The molecule has 3 heterocycles. The first kappa shape index (κ1) is 20.3. The second kappa shape index (κ2) is 7.70. The predicted molar refractivity (Wildman–Crippen MR) is 122 cm³/mol. The topological polar surface area (TPSA) is 57.9 Å². The van der Waals surface area contributed by atoms with Gasteiger partial charge in [-0.3, -0.25) is 14.0 Å². The summed E-state index contributed by atoms with van der Waals surface area (Å²) >= 11 is 0. The molecule has 2 aromatic carbocycles. The van der Waals surface area contributed by atoms with E-state index >= 15 is 0 Å². The first-order valence-corrected chi connectivity index (χ1v) is 9.82. The molecule has 0 saturated carbocycles. The molecule has 4 aromatic rings. The van der Waals surface area contributed by atoms with Gasteiger partial charge in [0, 0.05) is 25.3 Å². The number of fused-ring (bicyclic) bond motifs is 3. The van der Waals surface area contributed by atoms with Gasteiger partial charge in [0.05, 0.1) is 16.5 Å². The van der Waals surface area contributed by atoms with Crippen LogP contribution >= 0.6 is 12.4 Å². The third-order valence-electron chi connectivity index (χ3n) is 5.92. The number of halogens is 1. The van der Waals surface area contributed by atoms with Gasteiger partial charge < -0.3 is 9.80 Å². The molecule has 2 aromatic heterocycles. The van der Waals surface area contributed by atoms with Crippen LogP contribution in [0.25, 0.3) is 27.3 Å². The number of aromatic nitrogens is 2. The van der Waals surface area contributed by atoms with Gasteiger partial charge in [-0.05, 0) is 55.6 Å². The molecule has 1 amide bonds. The molecule has 1 aliphatic rings. The quantitative estimate of drug-likeness (QED) is 0.465. The maximum absolute atomic E-state index is 13.2. The standard InChI is InChI=1S/C23H22N4O2.ClH/c1-25(2)17-9-11-26(14-17)22(28)18-8-5-10-27-21(18)24-20-13-16-7-4-3-6-15(16)12-19(20)23(27)29;/h3-8,10,12-13,17H,9,11,14H2,1-2H3;1H/t17-;/m0./s1. The summed E-state index contributed by atoms with van der Waals surface area (Å²) in [5, 5.41) is 2.57. The first-order valence-electron chi connectivity index (χ1n) is 9.82. The highest BCUT2D eigenvalue weighted by molar-refractivity contribution is 6.02. The third kappa shape index (κ3) is 3.22. The lowest BCUT2D eigenvalue weighted by molar-refractivity contribution is 0.0784. The SMILES string of the molecule is CN(C)[C@H]1CCN(C(=O)c2cccn3c(=O)c4cc5ccccc5cc4nc23)C1.Cl. The van der Waals surface area contributed by atoms with Crippen molar-refractivity contribution in [2.75, 3.05) is 27.2 Å². The zero-order valence-electron chi connectivity index (χ0n) is 16.9. The number of amides is 1. The molecule has 0 bridgehead atoms. The van der Waals surface area contributed by atoms with Crippen molar-refractivity contribution in [3.8, 4) is 0 Å². The van der Waals surface area contributed by atoms with E-state index in [-0.39, 0.29) is 23.9 Å². The Morgan fingerprint density at radius 1 is 1.10 bits per heavy atom. The Kier molecular flexibility index (Phi) is 5.22. The summed E-state index contributed by atoms with van der Waals surface area (Å²) < 4.78 is 1.49. The molecule has 1 aliphatic heterocycles. The highest BCUT2D eigenvalue weighted by Crippen LogP contribution is 2.22. The Balaban J connectivity index is 0.00000218. The Labute approximate surface area is 180 Å². The Morgan fingerprint density at radius 3 is 2.53 bits per heavy atom. The number of hydrogen-bond donors (Lipinski definition) is 0. The van der Waals surface area contributed by atoms with Crippen molar-refractivity contribution in [1.82, 2.24) is 19.2 Å². The summed E-state index contributed by atoms with van der Waals surface area (Å²) in [6.07, 6.45) is 2.63. The Hall–Kier alpha value is -2.96. The fourth-order valence-electron chi connectivity index (χ4n) is 4.20. The fraction of sp³-hybridized carbons (Fsp3) is 0.261. The van der Waals surface area contributed by atoms with E-state index in [1.165, 1.54) is 4.40 Å². The predicted octanol–water partition coefficient (Wildman–Crippen LogP) is 3.20. The molecular weight excluding hydrogens is 400 g/mol. The van der Waals surface area contributed by atoms with Gasteiger partial charge in [-0.15, -0.1) is 12.4 Å². The van der Waals surface area contributed by atoms with E-state index in [2.05, 4.69) is 4.90 Å². The smallest absolute Gasteiger partial charge is 0.265 e. The van der Waals surface area contributed by atoms with Crippen molar-refractivity contribution in [3.63, 3.8) is 0 Å². The summed E-state index contributed by atoms with van der Waals surface area (Å²) in [6, 6.07) is 15.6. The second-order valence-corrected chi connectivity index (χ2v) is 7.91. The van der Waals surface area contributed by atoms with Crippen LogP contribution in [0.15, 0.2) is 59.5 Å². The van der Waals surface area contributed by atoms with Crippen molar-refractivity contribution < 1.29 is 4.79 Å². The summed E-state index contributed by atoms with van der Waals surface area (Å²) in [5.41, 5.74) is 1.34. The van der Waals surface area contributed by atoms with Crippen molar-refractivity contribution in [2.24, 2.45) is 0 Å². The van der Waals surface area contributed by atoms with E-state index in [1.54, 1.807) is 18.3 Å². The normalized spacial score (nSPS) is 16.5. The van der Waals surface area contributed by atoms with E-state index in [9.17, 15) is 9.59 Å². The van der Waals surface area contributed by atoms with Crippen LogP contribution in [-0.2, 0) is 0 Å². The number of benzene rings is 2. The molecular formula is C23H23ClN4O2. The number of pyridine rings is 1. The molecule has 154 valence electrons. The molecule has 0 spiro atoms. The number of likely N-dealkylation sites (N-methyl/N-ethyl adjacent to an activating group) is 1. The van der Waals surface area contributed by atoms with E-state index in [0.29, 0.717) is 41.2 Å². The summed E-state index contributed by atoms with van der Waals surface area (Å²) in [4.78, 5) is 35.2. The van der Waals surface area contributed by atoms with E-state index in [0.717, 1.165) is 17.2 Å². The van der Waals surface area contributed by atoms with Crippen LogP contribution in [0.5, 0.6) is 0 Å². The van der Waals surface area contributed by atoms with Crippen molar-refractivity contribution in [2.45, 2.75) is 12.5 Å². The lowest BCUT2D eigenvalue weighted by Crippen LogP contribution is -2.35. The van der Waals surface area contributed by atoms with E-state index in [1.807, 2.05) is 55.4 Å². The molecule has 30 heavy (non-hydrogen) atoms. The summed E-state index contributed by atoms with van der Waals surface area (Å²) in [6.45, 7) is 1.40. The van der Waals surface area contributed by atoms with Gasteiger partial charge in [-0.2, -0.15) is 0 Å². The maximum Gasteiger partial charge on any atom is 0.265 e. The van der Waals surface area contributed by atoms with Crippen molar-refractivity contribution >= 4 is 45.6 Å². The van der Waals surface area contributed by atoms with E-state index in [4.69, 9.17) is 4.98 Å². The van der Waals surface area contributed by atoms with Gasteiger partial charge in [0.15, 0.2) is 5.65 Å². The molecule has 7 heteroatoms. The fourth-order valence-corrected chi connectivity index (χ4v) is 4.20. The summed E-state index contributed by atoms with van der Waals surface area (Å²) in [5.74, 6) is -0.0699. The van der Waals surface area contributed by atoms with Gasteiger partial charge in [-0.25, -0.2) is 4.98 Å². The van der Waals surface area contributed by atoms with Crippen LogP contribution < -0.4 is 5.56 Å². The molecule has 0 aliphatic carbocycles. The van der Waals surface area contributed by atoms with Gasteiger partial charge in [0.25, 0.3) is 11.5 Å². The van der Waals surface area contributed by atoms with Gasteiger partial charge in [0.1, 0.15) is 0 Å². The minimum absolute atomic E-state index is 0. The van der Waals surface area contributed by atoms with Crippen LogP contribution in [0.1, 0.15) is 16.8 Å². The molecule has 0 unspecified atom stereocenters. The molecule has 1 fully saturated rings. The minimum Gasteiger partial charge on any atom is -0.337 e. The third-order valence-corrected chi connectivity index (χ3v) is 5.92. The lowest BCUT2D eigenvalue weighted by atomic mass is 10.1. The molecule has 5 rings (SSSR count). The summed E-state index contributed by atoms with van der Waals surface area (Å²) in [7, 11) is 4.07. The average molecular weight is 423 g/mol. The molecule has 0 N–H and O–H groups in total. The van der Waals surface area contributed by atoms with Crippen molar-refractivity contribution in [3.05, 3.63) is 70.6 Å². The first-order chi connectivity index (χ1) is 14.0. The number of carbonyl (C=O) groups is 1. The lowest BCUT2D eigenvalue weighted by Gasteiger charge is -2.20. The highest BCUT2D eigenvalue weighted by atomic mass is 35.5. The maximum atomic E-state index is 13.2. The number of likely N-dealkylation sites (tertiary alicyclic amines) is 1. The van der Waals surface area contributed by atoms with Crippen LogP contribution in [0, 0.1) is 0 Å². The van der Waals surface area contributed by atoms with Crippen LogP contribution in [-0.4, -0.2) is 58.3 Å². The monoisotopic (exact) mass is 422 g/mol. The highest BCUT2D eigenvalue weighted by Gasteiger charge is 2.29. The van der Waals surface area contributed by atoms with Gasteiger partial charge in [-0.1, -0.05) is 24.3 Å². The van der Waals surface area contributed by atoms with Crippen LogP contribution in [0.4, 0.5) is 0 Å². The largest absolute Gasteiger partial charge is 0.337 e. The Morgan fingerprint density at radius 2 is 1.83 bits per heavy atom. The van der Waals surface area contributed by atoms with Gasteiger partial charge in [0.2, 0.25) is 0 Å². The van der Waals surface area contributed by atoms with Crippen LogP contribution in [0.2, 0.25) is 0 Å². The Bertz CT molecular complexity index is 1330. The zero-order valence-corrected chi connectivity index (χ0v) is 17.7. The van der Waals surface area contributed by atoms with Crippen LogP contribution in [0.3, 0.4) is 0 Å². The minimum atomic E-state index is -0.155. The van der Waals surface area contributed by atoms with E-state index < -0.39 is 0 Å². The number of carbonyl (C=O) groups excluding carboxylic acids is 1. The molecule has 0 radical (unpaired) electrons. The average Bonchev–Trinajstić information content (AvgIpc) is 3.23. The zero-order chi connectivity index (χ0) is 20.1. The number of nitrogens with zero attached hydrogens (tertiary/aromatic N) is 4. The van der Waals surface area contributed by atoms with Crippen molar-refractivity contribution in [1.29, 1.82) is 0 Å². The molecule has 6 nitrogen and oxygen atoms in total. The van der Waals surface area contributed by atoms with Gasteiger partial charge >= 0.3 is 0 Å². The second-order valence-electron chi connectivity index (χ2n) is 7.91. The molecule has 1 atom stereocenters. The number of rotatable bonds is 2.